The van der Waals surface area contributed by atoms with Gasteiger partial charge >= 0.3 is 0 Å². The molecule has 86 valence electrons. The van der Waals surface area contributed by atoms with Crippen LogP contribution in [0.5, 0.6) is 0 Å². The number of rotatable bonds is 3. The van der Waals surface area contributed by atoms with Crippen LogP contribution in [-0.2, 0) is 6.42 Å². The monoisotopic (exact) mass is 308 g/mol. The summed E-state index contributed by atoms with van der Waals surface area (Å²) < 4.78 is 0.780. The lowest BCUT2D eigenvalue weighted by molar-refractivity contribution is 0.0992. The van der Waals surface area contributed by atoms with Crippen molar-refractivity contribution in [2.75, 3.05) is 0 Å². The summed E-state index contributed by atoms with van der Waals surface area (Å²) in [6.07, 6.45) is 0.389. The largest absolute Gasteiger partial charge is 0.294 e. The second-order valence-electron chi connectivity index (χ2n) is 3.71. The van der Waals surface area contributed by atoms with Crippen LogP contribution in [0.1, 0.15) is 15.9 Å². The topological polar surface area (TPSA) is 17.1 Å². The number of halogens is 2. The van der Waals surface area contributed by atoms with E-state index in [1.165, 1.54) is 0 Å². The number of ketones is 1. The maximum atomic E-state index is 12.1. The van der Waals surface area contributed by atoms with Gasteiger partial charge in [-0.3, -0.25) is 4.79 Å². The summed E-state index contributed by atoms with van der Waals surface area (Å²) in [7, 11) is 0. The molecule has 0 radical (unpaired) electrons. The number of hydrogen-bond acceptors (Lipinski definition) is 1. The second-order valence-corrected chi connectivity index (χ2v) is 5.00. The third-order valence-electron chi connectivity index (χ3n) is 2.44. The first-order chi connectivity index (χ1) is 8.16. The number of hydrogen-bond donors (Lipinski definition) is 0. The van der Waals surface area contributed by atoms with Crippen LogP contribution in [0.15, 0.2) is 53.0 Å². The van der Waals surface area contributed by atoms with E-state index in [1.807, 2.05) is 30.3 Å². The molecule has 0 unspecified atom stereocenters. The van der Waals surface area contributed by atoms with Gasteiger partial charge in [0.25, 0.3) is 0 Å². The highest BCUT2D eigenvalue weighted by atomic mass is 79.9. The lowest BCUT2D eigenvalue weighted by atomic mass is 10.0. The summed E-state index contributed by atoms with van der Waals surface area (Å²) >= 11 is 9.26. The van der Waals surface area contributed by atoms with Gasteiger partial charge < -0.3 is 0 Å². The summed E-state index contributed by atoms with van der Waals surface area (Å²) in [4.78, 5) is 12.1. The van der Waals surface area contributed by atoms with Crippen LogP contribution in [0.2, 0.25) is 5.02 Å². The fourth-order valence-corrected chi connectivity index (χ4v) is 2.23. The number of carbonyl (C=O) groups is 1. The smallest absolute Gasteiger partial charge is 0.168 e. The molecule has 0 aliphatic carbocycles. The Morgan fingerprint density at radius 1 is 1.12 bits per heavy atom. The Bertz CT molecular complexity index is 537. The van der Waals surface area contributed by atoms with Gasteiger partial charge in [0.15, 0.2) is 5.78 Å². The second kappa shape index (κ2) is 5.48. The number of Topliss-reactive ketones (excluding diaryl/α,β-unsaturated/α-hetero) is 1. The van der Waals surface area contributed by atoms with Crippen molar-refractivity contribution in [3.8, 4) is 0 Å². The highest BCUT2D eigenvalue weighted by molar-refractivity contribution is 9.10. The molecule has 0 fully saturated rings. The molecule has 2 rings (SSSR count). The van der Waals surface area contributed by atoms with E-state index in [0.29, 0.717) is 17.0 Å². The standard InChI is InChI=1S/C14H10BrClO/c15-13-7-6-11(16)9-12(13)14(17)8-10-4-2-1-3-5-10/h1-7,9H,8H2. The molecule has 3 heteroatoms. The molecular formula is C14H10BrClO. The molecule has 0 aliphatic heterocycles. The van der Waals surface area contributed by atoms with Gasteiger partial charge in [-0.15, -0.1) is 0 Å². The summed E-state index contributed by atoms with van der Waals surface area (Å²) in [6.45, 7) is 0. The van der Waals surface area contributed by atoms with E-state index in [4.69, 9.17) is 11.6 Å². The van der Waals surface area contributed by atoms with Gasteiger partial charge in [0.2, 0.25) is 0 Å². The highest BCUT2D eigenvalue weighted by Gasteiger charge is 2.11. The van der Waals surface area contributed by atoms with Crippen LogP contribution in [0.4, 0.5) is 0 Å². The van der Waals surface area contributed by atoms with E-state index >= 15 is 0 Å². The average molecular weight is 310 g/mol. The van der Waals surface area contributed by atoms with Crippen LogP contribution in [0.3, 0.4) is 0 Å². The molecule has 2 aromatic rings. The Morgan fingerprint density at radius 3 is 2.53 bits per heavy atom. The van der Waals surface area contributed by atoms with Crippen molar-refractivity contribution in [1.82, 2.24) is 0 Å². The molecule has 0 aliphatic rings. The summed E-state index contributed by atoms with van der Waals surface area (Å²) in [5, 5.41) is 0.574. The summed E-state index contributed by atoms with van der Waals surface area (Å²) in [6, 6.07) is 14.9. The number of carbonyl (C=O) groups excluding carboxylic acids is 1. The minimum atomic E-state index is 0.0607. The van der Waals surface area contributed by atoms with Crippen molar-refractivity contribution in [3.05, 3.63) is 69.2 Å². The zero-order chi connectivity index (χ0) is 12.3. The van der Waals surface area contributed by atoms with Gasteiger partial charge in [0, 0.05) is 21.5 Å². The van der Waals surface area contributed by atoms with Gasteiger partial charge in [-0.05, 0) is 23.8 Å². The Labute approximate surface area is 114 Å². The Balaban J connectivity index is 2.23. The molecule has 0 saturated heterocycles. The molecule has 1 nitrogen and oxygen atoms in total. The number of benzene rings is 2. The molecule has 0 bridgehead atoms. The zero-order valence-corrected chi connectivity index (χ0v) is 11.3. The van der Waals surface area contributed by atoms with E-state index in [2.05, 4.69) is 15.9 Å². The van der Waals surface area contributed by atoms with Crippen molar-refractivity contribution in [2.24, 2.45) is 0 Å². The van der Waals surface area contributed by atoms with Crippen LogP contribution in [-0.4, -0.2) is 5.78 Å². The predicted molar refractivity (Wildman–Crippen MR) is 73.6 cm³/mol. The van der Waals surface area contributed by atoms with Gasteiger partial charge in [-0.25, -0.2) is 0 Å². The predicted octanol–water partition coefficient (Wildman–Crippen LogP) is 4.53. The van der Waals surface area contributed by atoms with Crippen LogP contribution in [0, 0.1) is 0 Å². The first-order valence-corrected chi connectivity index (χ1v) is 6.36. The SMILES string of the molecule is O=C(Cc1ccccc1)c1cc(Cl)ccc1Br. The molecule has 0 spiro atoms. The maximum Gasteiger partial charge on any atom is 0.168 e. The molecule has 0 aromatic heterocycles. The molecule has 0 heterocycles. The third-order valence-corrected chi connectivity index (χ3v) is 3.36. The lowest BCUT2D eigenvalue weighted by Crippen LogP contribution is -2.04. The Hall–Kier alpha value is -1.12. The lowest BCUT2D eigenvalue weighted by Gasteiger charge is -2.04. The van der Waals surface area contributed by atoms with E-state index < -0.39 is 0 Å². The summed E-state index contributed by atoms with van der Waals surface area (Å²) in [5.74, 6) is 0.0607. The van der Waals surface area contributed by atoms with Gasteiger partial charge in [0.1, 0.15) is 0 Å². The molecule has 17 heavy (non-hydrogen) atoms. The first-order valence-electron chi connectivity index (χ1n) is 5.19. The fraction of sp³-hybridized carbons (Fsp3) is 0.0714. The molecule has 2 aromatic carbocycles. The van der Waals surface area contributed by atoms with Gasteiger partial charge in [-0.1, -0.05) is 57.9 Å². The summed E-state index contributed by atoms with van der Waals surface area (Å²) in [5.41, 5.74) is 1.63. The minimum absolute atomic E-state index is 0.0607. The maximum absolute atomic E-state index is 12.1. The van der Waals surface area contributed by atoms with Crippen molar-refractivity contribution in [2.45, 2.75) is 6.42 Å². The molecular weight excluding hydrogens is 300 g/mol. The van der Waals surface area contributed by atoms with Crippen LogP contribution in [0.25, 0.3) is 0 Å². The quantitative estimate of drug-likeness (QED) is 0.761. The van der Waals surface area contributed by atoms with E-state index in [0.717, 1.165) is 10.0 Å². The molecule has 0 N–H and O–H groups in total. The Morgan fingerprint density at radius 2 is 1.82 bits per heavy atom. The molecule has 0 amide bonds. The van der Waals surface area contributed by atoms with Gasteiger partial charge in [-0.2, -0.15) is 0 Å². The molecule has 0 saturated carbocycles. The average Bonchev–Trinajstić information content (AvgIpc) is 2.33. The third kappa shape index (κ3) is 3.18. The van der Waals surface area contributed by atoms with E-state index in [-0.39, 0.29) is 5.78 Å². The van der Waals surface area contributed by atoms with E-state index in [9.17, 15) is 4.79 Å². The highest BCUT2D eigenvalue weighted by Crippen LogP contribution is 2.22. The van der Waals surface area contributed by atoms with Crippen molar-refractivity contribution >= 4 is 33.3 Å². The van der Waals surface area contributed by atoms with Crippen LogP contribution >= 0.6 is 27.5 Å². The zero-order valence-electron chi connectivity index (χ0n) is 8.99. The normalized spacial score (nSPS) is 10.2. The first kappa shape index (κ1) is 12.3. The van der Waals surface area contributed by atoms with Crippen molar-refractivity contribution in [3.63, 3.8) is 0 Å². The van der Waals surface area contributed by atoms with Gasteiger partial charge in [0.05, 0.1) is 0 Å². The van der Waals surface area contributed by atoms with Crippen LogP contribution < -0.4 is 0 Å². The fourth-order valence-electron chi connectivity index (χ4n) is 1.59. The minimum Gasteiger partial charge on any atom is -0.294 e. The van der Waals surface area contributed by atoms with Crippen molar-refractivity contribution in [1.29, 1.82) is 0 Å². The van der Waals surface area contributed by atoms with Crippen molar-refractivity contribution < 1.29 is 4.79 Å². The Kier molecular flexibility index (Phi) is 3.97. The molecule has 0 atom stereocenters. The van der Waals surface area contributed by atoms with E-state index in [1.54, 1.807) is 18.2 Å².